The number of hydrogen-bond donors (Lipinski definition) is 2. The van der Waals surface area contributed by atoms with Crippen LogP contribution in [0.1, 0.15) is 12.5 Å². The zero-order valence-electron chi connectivity index (χ0n) is 7.28. The van der Waals surface area contributed by atoms with Crippen LogP contribution >= 0.6 is 23.6 Å². The maximum absolute atomic E-state index is 4.91. The lowest BCUT2D eigenvalue weighted by molar-refractivity contribution is 0.904. The van der Waals surface area contributed by atoms with Gasteiger partial charge in [0.05, 0.1) is 6.21 Å². The topological polar surface area (TPSA) is 36.4 Å². The first-order chi connectivity index (χ1) is 6.33. The van der Waals surface area contributed by atoms with Crippen molar-refractivity contribution in [3.05, 3.63) is 22.4 Å². The minimum atomic E-state index is 0.550. The van der Waals surface area contributed by atoms with Gasteiger partial charge in [0.15, 0.2) is 5.11 Å². The summed E-state index contributed by atoms with van der Waals surface area (Å²) in [6.45, 7) is 2.79. The summed E-state index contributed by atoms with van der Waals surface area (Å²) in [4.78, 5) is 0. The van der Waals surface area contributed by atoms with Crippen LogP contribution in [-0.4, -0.2) is 17.9 Å². The molecule has 1 aromatic heterocycles. The first-order valence-corrected chi connectivity index (χ1v) is 5.27. The van der Waals surface area contributed by atoms with Crippen molar-refractivity contribution in [1.82, 2.24) is 10.7 Å². The van der Waals surface area contributed by atoms with Crippen molar-refractivity contribution in [1.29, 1.82) is 0 Å². The first-order valence-electron chi connectivity index (χ1n) is 3.92. The number of rotatable bonds is 3. The zero-order chi connectivity index (χ0) is 9.52. The Morgan fingerprint density at radius 1 is 1.77 bits per heavy atom. The summed E-state index contributed by atoms with van der Waals surface area (Å²) in [5, 5.41) is 11.5. The van der Waals surface area contributed by atoms with Crippen LogP contribution < -0.4 is 10.7 Å². The highest BCUT2D eigenvalue weighted by atomic mass is 32.1. The van der Waals surface area contributed by atoms with Gasteiger partial charge in [0.1, 0.15) is 0 Å². The Kier molecular flexibility index (Phi) is 4.42. The Morgan fingerprint density at radius 2 is 2.62 bits per heavy atom. The Morgan fingerprint density at radius 3 is 3.23 bits per heavy atom. The third kappa shape index (κ3) is 4.00. The third-order valence-electron chi connectivity index (χ3n) is 1.26. The molecule has 0 radical (unpaired) electrons. The molecule has 0 aliphatic carbocycles. The number of hydrazone groups is 1. The van der Waals surface area contributed by atoms with Gasteiger partial charge in [-0.15, -0.1) is 0 Å². The summed E-state index contributed by atoms with van der Waals surface area (Å²) < 4.78 is 0. The van der Waals surface area contributed by atoms with E-state index in [-0.39, 0.29) is 0 Å². The molecule has 0 amide bonds. The van der Waals surface area contributed by atoms with Crippen LogP contribution in [0, 0.1) is 0 Å². The van der Waals surface area contributed by atoms with Gasteiger partial charge in [-0.2, -0.15) is 16.4 Å². The molecule has 70 valence electrons. The fourth-order valence-corrected chi connectivity index (χ4v) is 1.52. The molecule has 0 aliphatic rings. The minimum absolute atomic E-state index is 0.550. The van der Waals surface area contributed by atoms with Crippen LogP contribution in [0.5, 0.6) is 0 Å². The van der Waals surface area contributed by atoms with Crippen molar-refractivity contribution in [3.63, 3.8) is 0 Å². The van der Waals surface area contributed by atoms with E-state index in [9.17, 15) is 0 Å². The molecule has 0 aromatic carbocycles. The Bertz CT molecular complexity index is 280. The van der Waals surface area contributed by atoms with E-state index in [4.69, 9.17) is 12.2 Å². The quantitative estimate of drug-likeness (QED) is 0.454. The van der Waals surface area contributed by atoms with E-state index in [1.165, 1.54) is 0 Å². The predicted octanol–water partition coefficient (Wildman–Crippen LogP) is 1.57. The van der Waals surface area contributed by atoms with Crippen LogP contribution in [0.25, 0.3) is 0 Å². The minimum Gasteiger partial charge on any atom is -0.362 e. The lowest BCUT2D eigenvalue weighted by atomic mass is 10.4. The molecule has 0 saturated carbocycles. The number of nitrogens with one attached hydrogen (secondary N) is 2. The van der Waals surface area contributed by atoms with Crippen LogP contribution in [0.3, 0.4) is 0 Å². The number of hydrogen-bond acceptors (Lipinski definition) is 3. The van der Waals surface area contributed by atoms with Crippen LogP contribution in [0.15, 0.2) is 21.9 Å². The third-order valence-corrected chi connectivity index (χ3v) is 2.20. The summed E-state index contributed by atoms with van der Waals surface area (Å²) >= 11 is 6.56. The molecule has 1 heterocycles. The fourth-order valence-electron chi connectivity index (χ4n) is 0.714. The van der Waals surface area contributed by atoms with Gasteiger partial charge in [0.25, 0.3) is 0 Å². The molecule has 0 unspecified atom stereocenters. The van der Waals surface area contributed by atoms with E-state index >= 15 is 0 Å². The fraction of sp³-hybridized carbons (Fsp3) is 0.250. The highest BCUT2D eigenvalue weighted by Crippen LogP contribution is 2.01. The first kappa shape index (κ1) is 10.1. The summed E-state index contributed by atoms with van der Waals surface area (Å²) in [6.07, 6.45) is 1.74. The average Bonchev–Trinajstić information content (AvgIpc) is 2.57. The Balaban J connectivity index is 2.30. The summed E-state index contributed by atoms with van der Waals surface area (Å²) in [5.74, 6) is 0. The largest absolute Gasteiger partial charge is 0.362 e. The van der Waals surface area contributed by atoms with E-state index in [0.717, 1.165) is 12.1 Å². The van der Waals surface area contributed by atoms with E-state index < -0.39 is 0 Å². The Hall–Kier alpha value is -0.940. The molecule has 5 heteroatoms. The molecular formula is C8H11N3S2. The van der Waals surface area contributed by atoms with E-state index in [1.807, 2.05) is 23.8 Å². The second-order valence-corrected chi connectivity index (χ2v) is 3.47. The molecule has 0 bridgehead atoms. The van der Waals surface area contributed by atoms with Gasteiger partial charge in [-0.25, -0.2) is 0 Å². The molecular weight excluding hydrogens is 202 g/mol. The molecule has 0 fully saturated rings. The van der Waals surface area contributed by atoms with Crippen molar-refractivity contribution in [2.45, 2.75) is 6.92 Å². The maximum Gasteiger partial charge on any atom is 0.186 e. The molecule has 0 atom stereocenters. The SMILES string of the molecule is CCNC(=S)NN=Cc1ccsc1. The van der Waals surface area contributed by atoms with E-state index in [1.54, 1.807) is 17.6 Å². The van der Waals surface area contributed by atoms with Crippen LogP contribution in [0.2, 0.25) is 0 Å². The van der Waals surface area contributed by atoms with Crippen LogP contribution in [0.4, 0.5) is 0 Å². The average molecular weight is 213 g/mol. The summed E-state index contributed by atoms with van der Waals surface area (Å²) in [5.41, 5.74) is 3.80. The lowest BCUT2D eigenvalue weighted by Gasteiger charge is -2.01. The molecule has 2 N–H and O–H groups in total. The second-order valence-electron chi connectivity index (χ2n) is 2.29. The van der Waals surface area contributed by atoms with Gasteiger partial charge < -0.3 is 5.32 Å². The van der Waals surface area contributed by atoms with Gasteiger partial charge in [0, 0.05) is 12.1 Å². The molecule has 0 aliphatic heterocycles. The number of thiocarbonyl (C=S) groups is 1. The molecule has 0 spiro atoms. The molecule has 0 saturated heterocycles. The van der Waals surface area contributed by atoms with Crippen molar-refractivity contribution in [3.8, 4) is 0 Å². The van der Waals surface area contributed by atoms with Crippen molar-refractivity contribution in [2.75, 3.05) is 6.54 Å². The monoisotopic (exact) mass is 213 g/mol. The summed E-state index contributed by atoms with van der Waals surface area (Å²) in [7, 11) is 0. The normalized spacial score (nSPS) is 10.2. The van der Waals surface area contributed by atoms with Gasteiger partial charge in [-0.05, 0) is 36.0 Å². The highest BCUT2D eigenvalue weighted by molar-refractivity contribution is 7.80. The van der Waals surface area contributed by atoms with E-state index in [2.05, 4.69) is 15.8 Å². The number of thiophene rings is 1. The molecule has 13 heavy (non-hydrogen) atoms. The van der Waals surface area contributed by atoms with Crippen molar-refractivity contribution >= 4 is 34.9 Å². The lowest BCUT2D eigenvalue weighted by Crippen LogP contribution is -2.31. The highest BCUT2D eigenvalue weighted by Gasteiger charge is 1.88. The van der Waals surface area contributed by atoms with Gasteiger partial charge in [-0.1, -0.05) is 0 Å². The van der Waals surface area contributed by atoms with Crippen molar-refractivity contribution < 1.29 is 0 Å². The van der Waals surface area contributed by atoms with Gasteiger partial charge in [0.2, 0.25) is 0 Å². The predicted molar refractivity (Wildman–Crippen MR) is 61.3 cm³/mol. The molecule has 1 rings (SSSR count). The van der Waals surface area contributed by atoms with Gasteiger partial charge in [-0.3, -0.25) is 5.43 Å². The van der Waals surface area contributed by atoms with E-state index in [0.29, 0.717) is 5.11 Å². The smallest absolute Gasteiger partial charge is 0.186 e. The number of nitrogens with zero attached hydrogens (tertiary/aromatic N) is 1. The molecule has 3 nitrogen and oxygen atoms in total. The van der Waals surface area contributed by atoms with Gasteiger partial charge >= 0.3 is 0 Å². The maximum atomic E-state index is 4.91. The summed E-state index contributed by atoms with van der Waals surface area (Å²) in [6, 6.07) is 1.99. The standard InChI is InChI=1S/C8H11N3S2/c1-2-9-8(12)11-10-5-7-3-4-13-6-7/h3-6H,2H2,1H3,(H2,9,11,12). The second kappa shape index (κ2) is 5.66. The Labute approximate surface area is 86.9 Å². The molecule has 1 aromatic rings. The van der Waals surface area contributed by atoms with Crippen molar-refractivity contribution in [2.24, 2.45) is 5.10 Å². The van der Waals surface area contributed by atoms with Crippen LogP contribution in [-0.2, 0) is 0 Å². The zero-order valence-corrected chi connectivity index (χ0v) is 8.91.